The van der Waals surface area contributed by atoms with Gasteiger partial charge >= 0.3 is 0 Å². The number of piperidine rings is 1. The molecule has 0 spiro atoms. The number of rotatable bonds is 4. The van der Waals surface area contributed by atoms with Crippen LogP contribution in [0.1, 0.15) is 46.0 Å². The molecule has 1 aliphatic heterocycles. The average molecular weight is 284 g/mol. The molecular formula is C15H28N2OS. The molecule has 2 fully saturated rings. The molecule has 2 unspecified atom stereocenters. The van der Waals surface area contributed by atoms with Gasteiger partial charge in [0.25, 0.3) is 0 Å². The van der Waals surface area contributed by atoms with Gasteiger partial charge < -0.3 is 10.2 Å². The fourth-order valence-corrected chi connectivity index (χ4v) is 4.61. The Morgan fingerprint density at radius 3 is 2.79 bits per heavy atom. The molecule has 0 aromatic carbocycles. The molecule has 0 bridgehead atoms. The SMILES string of the molecule is CCSC1CCC(N(C)C(=O)[C@H]2CCN[C@@H](C)C2)C1. The summed E-state index contributed by atoms with van der Waals surface area (Å²) in [5.74, 6) is 1.83. The quantitative estimate of drug-likeness (QED) is 0.861. The van der Waals surface area contributed by atoms with Crippen molar-refractivity contribution in [3.63, 3.8) is 0 Å². The molecule has 0 aromatic heterocycles. The Balaban J connectivity index is 1.85. The van der Waals surface area contributed by atoms with Crippen LogP contribution in [0.15, 0.2) is 0 Å². The highest BCUT2D eigenvalue weighted by molar-refractivity contribution is 7.99. The average Bonchev–Trinajstić information content (AvgIpc) is 2.86. The van der Waals surface area contributed by atoms with Gasteiger partial charge in [-0.15, -0.1) is 0 Å². The van der Waals surface area contributed by atoms with E-state index in [0.717, 1.165) is 24.6 Å². The molecule has 4 atom stereocenters. The van der Waals surface area contributed by atoms with Gasteiger partial charge in [0.1, 0.15) is 0 Å². The Morgan fingerprint density at radius 1 is 1.32 bits per heavy atom. The number of thioether (sulfide) groups is 1. The fourth-order valence-electron chi connectivity index (χ4n) is 3.48. The summed E-state index contributed by atoms with van der Waals surface area (Å²) in [5.41, 5.74) is 0. The summed E-state index contributed by atoms with van der Waals surface area (Å²) in [7, 11) is 2.03. The fraction of sp³-hybridized carbons (Fsp3) is 0.933. The van der Waals surface area contributed by atoms with Crippen molar-refractivity contribution in [1.82, 2.24) is 10.2 Å². The smallest absolute Gasteiger partial charge is 0.225 e. The molecule has 2 rings (SSSR count). The molecule has 110 valence electrons. The number of hydrogen-bond donors (Lipinski definition) is 1. The number of carbonyl (C=O) groups excluding carboxylic acids is 1. The second kappa shape index (κ2) is 6.98. The number of nitrogens with zero attached hydrogens (tertiary/aromatic N) is 1. The van der Waals surface area contributed by atoms with E-state index >= 15 is 0 Å². The number of nitrogens with one attached hydrogen (secondary N) is 1. The Hall–Kier alpha value is -0.220. The van der Waals surface area contributed by atoms with E-state index in [-0.39, 0.29) is 5.92 Å². The van der Waals surface area contributed by atoms with Crippen LogP contribution in [-0.2, 0) is 4.79 Å². The van der Waals surface area contributed by atoms with Gasteiger partial charge in [-0.3, -0.25) is 4.79 Å². The van der Waals surface area contributed by atoms with Crippen molar-refractivity contribution < 1.29 is 4.79 Å². The summed E-state index contributed by atoms with van der Waals surface area (Å²) < 4.78 is 0. The molecule has 2 aliphatic rings. The Kier molecular flexibility index (Phi) is 5.58. The molecule has 1 N–H and O–H groups in total. The van der Waals surface area contributed by atoms with Crippen LogP contribution in [0.3, 0.4) is 0 Å². The molecule has 4 heteroatoms. The monoisotopic (exact) mass is 284 g/mol. The lowest BCUT2D eigenvalue weighted by molar-refractivity contribution is -0.137. The van der Waals surface area contributed by atoms with Crippen LogP contribution in [0.25, 0.3) is 0 Å². The largest absolute Gasteiger partial charge is 0.342 e. The zero-order chi connectivity index (χ0) is 13.8. The van der Waals surface area contributed by atoms with Crippen molar-refractivity contribution in [3.05, 3.63) is 0 Å². The molecule has 3 nitrogen and oxygen atoms in total. The lowest BCUT2D eigenvalue weighted by Crippen LogP contribution is -2.45. The van der Waals surface area contributed by atoms with Crippen molar-refractivity contribution in [2.75, 3.05) is 19.3 Å². The number of amides is 1. The minimum atomic E-state index is 0.249. The van der Waals surface area contributed by atoms with E-state index in [0.29, 0.717) is 18.0 Å². The first-order valence-electron chi connectivity index (χ1n) is 7.73. The van der Waals surface area contributed by atoms with Crippen LogP contribution in [0.2, 0.25) is 0 Å². The zero-order valence-corrected chi connectivity index (χ0v) is 13.3. The summed E-state index contributed by atoms with van der Waals surface area (Å²) in [6.45, 7) is 5.40. The van der Waals surface area contributed by atoms with E-state index in [4.69, 9.17) is 0 Å². The van der Waals surface area contributed by atoms with Crippen LogP contribution in [0.5, 0.6) is 0 Å². The summed E-state index contributed by atoms with van der Waals surface area (Å²) in [6.07, 6.45) is 5.68. The van der Waals surface area contributed by atoms with Crippen molar-refractivity contribution in [3.8, 4) is 0 Å². The summed E-state index contributed by atoms with van der Waals surface area (Å²) >= 11 is 2.06. The highest BCUT2D eigenvalue weighted by Gasteiger charge is 2.33. The first-order valence-corrected chi connectivity index (χ1v) is 8.78. The predicted molar refractivity (Wildman–Crippen MR) is 82.5 cm³/mol. The molecule has 1 amide bonds. The summed E-state index contributed by atoms with van der Waals surface area (Å²) in [6, 6.07) is 0.977. The zero-order valence-electron chi connectivity index (χ0n) is 12.5. The number of carbonyl (C=O) groups is 1. The highest BCUT2D eigenvalue weighted by atomic mass is 32.2. The lowest BCUT2D eigenvalue weighted by Gasteiger charge is -2.33. The molecule has 19 heavy (non-hydrogen) atoms. The Bertz CT molecular complexity index is 311. The van der Waals surface area contributed by atoms with E-state index in [1.165, 1.54) is 25.0 Å². The van der Waals surface area contributed by atoms with Crippen molar-refractivity contribution in [1.29, 1.82) is 0 Å². The third-order valence-corrected chi connectivity index (χ3v) is 5.86. The molecule has 0 radical (unpaired) electrons. The third-order valence-electron chi connectivity index (χ3n) is 4.63. The van der Waals surface area contributed by atoms with E-state index in [9.17, 15) is 4.79 Å². The molecular weight excluding hydrogens is 256 g/mol. The van der Waals surface area contributed by atoms with Gasteiger partial charge in [-0.05, 0) is 51.3 Å². The van der Waals surface area contributed by atoms with Gasteiger partial charge in [0.05, 0.1) is 0 Å². The summed E-state index contributed by atoms with van der Waals surface area (Å²) in [4.78, 5) is 14.7. The minimum Gasteiger partial charge on any atom is -0.342 e. The second-order valence-corrected chi connectivity index (χ2v) is 7.65. The van der Waals surface area contributed by atoms with Gasteiger partial charge in [0.15, 0.2) is 0 Å². The van der Waals surface area contributed by atoms with Gasteiger partial charge in [-0.1, -0.05) is 6.92 Å². The van der Waals surface area contributed by atoms with Crippen molar-refractivity contribution in [2.24, 2.45) is 5.92 Å². The first-order chi connectivity index (χ1) is 9.11. The Labute approximate surface area is 121 Å². The maximum Gasteiger partial charge on any atom is 0.225 e. The second-order valence-electron chi connectivity index (χ2n) is 6.07. The van der Waals surface area contributed by atoms with E-state index < -0.39 is 0 Å². The van der Waals surface area contributed by atoms with Crippen LogP contribution >= 0.6 is 11.8 Å². The highest BCUT2D eigenvalue weighted by Crippen LogP contribution is 2.33. The standard InChI is InChI=1S/C15H28N2OS/c1-4-19-14-6-5-13(10-14)17(3)15(18)12-7-8-16-11(2)9-12/h11-14,16H,4-10H2,1-3H3/t11-,12-,13?,14?/m0/s1. The van der Waals surface area contributed by atoms with Gasteiger partial charge in [0.2, 0.25) is 5.91 Å². The molecule has 0 aromatic rings. The minimum absolute atomic E-state index is 0.249. The van der Waals surface area contributed by atoms with Crippen LogP contribution in [0, 0.1) is 5.92 Å². The van der Waals surface area contributed by atoms with Gasteiger partial charge in [-0.2, -0.15) is 11.8 Å². The van der Waals surface area contributed by atoms with E-state index in [1.54, 1.807) is 0 Å². The Morgan fingerprint density at radius 2 is 2.11 bits per heavy atom. The van der Waals surface area contributed by atoms with Crippen LogP contribution in [-0.4, -0.2) is 47.5 Å². The van der Waals surface area contributed by atoms with Crippen molar-refractivity contribution >= 4 is 17.7 Å². The van der Waals surface area contributed by atoms with E-state index in [2.05, 4.69) is 35.8 Å². The molecule has 1 heterocycles. The lowest BCUT2D eigenvalue weighted by atomic mass is 9.91. The maximum atomic E-state index is 12.6. The van der Waals surface area contributed by atoms with Crippen LogP contribution < -0.4 is 5.32 Å². The topological polar surface area (TPSA) is 32.3 Å². The predicted octanol–water partition coefficient (Wildman–Crippen LogP) is 2.51. The first kappa shape index (κ1) is 15.2. The van der Waals surface area contributed by atoms with E-state index in [1.807, 2.05) is 7.05 Å². The van der Waals surface area contributed by atoms with Crippen molar-refractivity contribution in [2.45, 2.75) is 63.3 Å². The van der Waals surface area contributed by atoms with Gasteiger partial charge in [0, 0.05) is 30.3 Å². The maximum absolute atomic E-state index is 12.6. The molecule has 1 aliphatic carbocycles. The normalized spacial score (nSPS) is 35.3. The summed E-state index contributed by atoms with van der Waals surface area (Å²) in [5, 5.41) is 4.20. The third kappa shape index (κ3) is 3.88. The van der Waals surface area contributed by atoms with Crippen LogP contribution in [0.4, 0.5) is 0 Å². The molecule has 1 saturated carbocycles. The van der Waals surface area contributed by atoms with Gasteiger partial charge in [-0.25, -0.2) is 0 Å². The molecule has 1 saturated heterocycles. The number of hydrogen-bond acceptors (Lipinski definition) is 3.